The molecule has 0 amide bonds. The van der Waals surface area contributed by atoms with E-state index in [1.54, 1.807) is 28.6 Å². The van der Waals surface area contributed by atoms with Gasteiger partial charge in [0.05, 0.1) is 4.90 Å². The van der Waals surface area contributed by atoms with Crippen molar-refractivity contribution < 1.29 is 8.42 Å². The summed E-state index contributed by atoms with van der Waals surface area (Å²) in [6.07, 6.45) is 1.73. The van der Waals surface area contributed by atoms with Gasteiger partial charge in [0.25, 0.3) is 0 Å². The standard InChI is InChI=1S/C13H20N2O2S/c1-2-10-15(12-8-9-14-11-12)18(16,17)13-6-4-3-5-7-13/h3-7,12,14H,2,8-11H2,1H3. The number of sulfonamides is 1. The summed E-state index contributed by atoms with van der Waals surface area (Å²) in [5.41, 5.74) is 0. The minimum Gasteiger partial charge on any atom is -0.315 e. The van der Waals surface area contributed by atoms with Gasteiger partial charge in [-0.25, -0.2) is 8.42 Å². The van der Waals surface area contributed by atoms with Crippen molar-refractivity contribution in [2.45, 2.75) is 30.7 Å². The molecule has 0 radical (unpaired) electrons. The van der Waals surface area contributed by atoms with Gasteiger partial charge in [0.15, 0.2) is 0 Å². The lowest BCUT2D eigenvalue weighted by molar-refractivity contribution is 0.335. The molecule has 0 aromatic heterocycles. The highest BCUT2D eigenvalue weighted by atomic mass is 32.2. The molecule has 1 saturated heterocycles. The molecule has 5 heteroatoms. The van der Waals surface area contributed by atoms with E-state index in [1.807, 2.05) is 13.0 Å². The first kappa shape index (κ1) is 13.5. The molecule has 1 aliphatic heterocycles. The van der Waals surface area contributed by atoms with E-state index < -0.39 is 10.0 Å². The lowest BCUT2D eigenvalue weighted by Gasteiger charge is -2.27. The van der Waals surface area contributed by atoms with Crippen LogP contribution in [0.4, 0.5) is 0 Å². The second-order valence-electron chi connectivity index (χ2n) is 4.58. The van der Waals surface area contributed by atoms with Crippen molar-refractivity contribution in [1.82, 2.24) is 9.62 Å². The fourth-order valence-corrected chi connectivity index (χ4v) is 4.10. The van der Waals surface area contributed by atoms with Crippen LogP contribution in [0.25, 0.3) is 0 Å². The first-order chi connectivity index (χ1) is 8.66. The van der Waals surface area contributed by atoms with Gasteiger partial charge < -0.3 is 5.32 Å². The number of nitrogens with one attached hydrogen (secondary N) is 1. The van der Waals surface area contributed by atoms with Gasteiger partial charge in [-0.1, -0.05) is 25.1 Å². The van der Waals surface area contributed by atoms with Crippen LogP contribution < -0.4 is 5.32 Å². The molecule has 0 bridgehead atoms. The maximum absolute atomic E-state index is 12.6. The Morgan fingerprint density at radius 3 is 2.61 bits per heavy atom. The van der Waals surface area contributed by atoms with Gasteiger partial charge in [0.2, 0.25) is 10.0 Å². The van der Waals surface area contributed by atoms with E-state index >= 15 is 0 Å². The average Bonchev–Trinajstić information content (AvgIpc) is 2.90. The third kappa shape index (κ3) is 2.74. The summed E-state index contributed by atoms with van der Waals surface area (Å²) in [4.78, 5) is 0.394. The van der Waals surface area contributed by atoms with Crippen molar-refractivity contribution in [1.29, 1.82) is 0 Å². The van der Waals surface area contributed by atoms with Gasteiger partial charge in [0.1, 0.15) is 0 Å². The van der Waals surface area contributed by atoms with Crippen LogP contribution in [0.2, 0.25) is 0 Å². The molecule has 1 atom stereocenters. The fraction of sp³-hybridized carbons (Fsp3) is 0.538. The highest BCUT2D eigenvalue weighted by Gasteiger charge is 2.32. The summed E-state index contributed by atoms with van der Waals surface area (Å²) in [5, 5.41) is 3.23. The normalized spacial score (nSPS) is 20.4. The van der Waals surface area contributed by atoms with Gasteiger partial charge in [-0.15, -0.1) is 0 Å². The predicted octanol–water partition coefficient (Wildman–Crippen LogP) is 1.45. The van der Waals surface area contributed by atoms with Crippen LogP contribution in [-0.2, 0) is 10.0 Å². The van der Waals surface area contributed by atoms with Gasteiger partial charge in [-0.2, -0.15) is 4.31 Å². The van der Waals surface area contributed by atoms with Crippen LogP contribution in [-0.4, -0.2) is 38.4 Å². The molecule has 0 saturated carbocycles. The van der Waals surface area contributed by atoms with Crippen LogP contribution in [0.1, 0.15) is 19.8 Å². The summed E-state index contributed by atoms with van der Waals surface area (Å²) in [6.45, 7) is 4.25. The smallest absolute Gasteiger partial charge is 0.243 e. The predicted molar refractivity (Wildman–Crippen MR) is 71.9 cm³/mol. The summed E-state index contributed by atoms with van der Waals surface area (Å²) in [7, 11) is -3.35. The number of nitrogens with zero attached hydrogens (tertiary/aromatic N) is 1. The molecule has 100 valence electrons. The topological polar surface area (TPSA) is 49.4 Å². The molecule has 0 aliphatic carbocycles. The third-order valence-corrected chi connectivity index (χ3v) is 5.20. The zero-order valence-corrected chi connectivity index (χ0v) is 11.5. The summed E-state index contributed by atoms with van der Waals surface area (Å²) < 4.78 is 26.9. The molecular formula is C13H20N2O2S. The van der Waals surface area contributed by atoms with Crippen LogP contribution in [0.3, 0.4) is 0 Å². The van der Waals surface area contributed by atoms with Crippen LogP contribution in [0.5, 0.6) is 0 Å². The highest BCUT2D eigenvalue weighted by molar-refractivity contribution is 7.89. The van der Waals surface area contributed by atoms with E-state index in [4.69, 9.17) is 0 Å². The maximum Gasteiger partial charge on any atom is 0.243 e. The van der Waals surface area contributed by atoms with E-state index in [-0.39, 0.29) is 6.04 Å². The Balaban J connectivity index is 2.29. The molecule has 1 aromatic rings. The van der Waals surface area contributed by atoms with E-state index in [0.29, 0.717) is 11.4 Å². The minimum absolute atomic E-state index is 0.0927. The molecule has 0 spiro atoms. The van der Waals surface area contributed by atoms with Gasteiger partial charge in [-0.05, 0) is 31.5 Å². The quantitative estimate of drug-likeness (QED) is 0.879. The molecule has 1 aromatic carbocycles. The van der Waals surface area contributed by atoms with Crippen molar-refractivity contribution in [3.63, 3.8) is 0 Å². The molecular weight excluding hydrogens is 248 g/mol. The van der Waals surface area contributed by atoms with E-state index in [1.165, 1.54) is 0 Å². The Morgan fingerprint density at radius 2 is 2.06 bits per heavy atom. The Morgan fingerprint density at radius 1 is 1.33 bits per heavy atom. The Bertz CT molecular complexity index is 467. The van der Waals surface area contributed by atoms with Crippen molar-refractivity contribution in [3.05, 3.63) is 30.3 Å². The molecule has 1 N–H and O–H groups in total. The first-order valence-corrected chi connectivity index (χ1v) is 7.88. The SMILES string of the molecule is CCCN(C1CCNC1)S(=O)(=O)c1ccccc1. The lowest BCUT2D eigenvalue weighted by atomic mass is 10.2. The Labute approximate surface area is 109 Å². The van der Waals surface area contributed by atoms with Gasteiger partial charge >= 0.3 is 0 Å². The molecule has 4 nitrogen and oxygen atoms in total. The third-order valence-electron chi connectivity index (χ3n) is 3.24. The fourth-order valence-electron chi connectivity index (χ4n) is 2.33. The maximum atomic E-state index is 12.6. The second kappa shape index (κ2) is 5.82. The monoisotopic (exact) mass is 268 g/mol. The summed E-state index contributed by atoms with van der Waals surface area (Å²) in [6, 6.07) is 8.80. The first-order valence-electron chi connectivity index (χ1n) is 6.44. The number of rotatable bonds is 5. The molecule has 1 heterocycles. The van der Waals surface area contributed by atoms with Crippen LogP contribution in [0, 0.1) is 0 Å². The number of hydrogen-bond acceptors (Lipinski definition) is 3. The Kier molecular flexibility index (Phi) is 4.37. The molecule has 1 fully saturated rings. The van der Waals surface area contributed by atoms with Gasteiger partial charge in [-0.3, -0.25) is 0 Å². The van der Waals surface area contributed by atoms with Crippen LogP contribution >= 0.6 is 0 Å². The lowest BCUT2D eigenvalue weighted by Crippen LogP contribution is -2.41. The minimum atomic E-state index is -3.35. The molecule has 2 rings (SSSR count). The zero-order chi connectivity index (χ0) is 13.0. The van der Waals surface area contributed by atoms with Crippen molar-refractivity contribution in [2.24, 2.45) is 0 Å². The Hall–Kier alpha value is -0.910. The van der Waals surface area contributed by atoms with Gasteiger partial charge in [0, 0.05) is 19.1 Å². The molecule has 1 aliphatic rings. The second-order valence-corrected chi connectivity index (χ2v) is 6.47. The van der Waals surface area contributed by atoms with Crippen molar-refractivity contribution in [2.75, 3.05) is 19.6 Å². The van der Waals surface area contributed by atoms with Crippen LogP contribution in [0.15, 0.2) is 35.2 Å². The van der Waals surface area contributed by atoms with E-state index in [2.05, 4.69) is 5.32 Å². The largest absolute Gasteiger partial charge is 0.315 e. The van der Waals surface area contributed by atoms with E-state index in [9.17, 15) is 8.42 Å². The zero-order valence-electron chi connectivity index (χ0n) is 10.7. The number of benzene rings is 1. The average molecular weight is 268 g/mol. The van der Waals surface area contributed by atoms with E-state index in [0.717, 1.165) is 25.9 Å². The summed E-state index contributed by atoms with van der Waals surface area (Å²) in [5.74, 6) is 0. The van der Waals surface area contributed by atoms with Crippen molar-refractivity contribution in [3.8, 4) is 0 Å². The molecule has 18 heavy (non-hydrogen) atoms. The molecule has 1 unspecified atom stereocenters. The van der Waals surface area contributed by atoms with Crippen molar-refractivity contribution >= 4 is 10.0 Å². The highest BCUT2D eigenvalue weighted by Crippen LogP contribution is 2.21. The number of hydrogen-bond donors (Lipinski definition) is 1. The summed E-state index contributed by atoms with van der Waals surface area (Å²) >= 11 is 0.